The van der Waals surface area contributed by atoms with Crippen molar-refractivity contribution in [3.63, 3.8) is 0 Å². The fourth-order valence-electron chi connectivity index (χ4n) is 1.25. The van der Waals surface area contributed by atoms with E-state index in [0.29, 0.717) is 6.54 Å². The molecule has 0 unspecified atom stereocenters. The summed E-state index contributed by atoms with van der Waals surface area (Å²) in [5.41, 5.74) is 0.668. The minimum absolute atomic E-state index is 0.117. The molecule has 1 N–H and O–H groups in total. The molecule has 0 fully saturated rings. The summed E-state index contributed by atoms with van der Waals surface area (Å²) in [5, 5.41) is 22.0. The molecular formula is C10H11N3O3. The molecule has 0 aromatic heterocycles. The summed E-state index contributed by atoms with van der Waals surface area (Å²) in [6.45, 7) is 0.339. The molecule has 0 spiro atoms. The second kappa shape index (κ2) is 5.68. The second-order valence-corrected chi connectivity index (χ2v) is 3.04. The van der Waals surface area contributed by atoms with Gasteiger partial charge in [0.15, 0.2) is 12.4 Å². The highest BCUT2D eigenvalue weighted by Crippen LogP contribution is 2.27. The Morgan fingerprint density at radius 3 is 2.94 bits per heavy atom. The van der Waals surface area contributed by atoms with Crippen LogP contribution in [0.3, 0.4) is 0 Å². The first-order valence-electron chi connectivity index (χ1n) is 4.60. The first-order chi connectivity index (χ1) is 7.69. The van der Waals surface area contributed by atoms with E-state index in [1.54, 1.807) is 19.2 Å². The lowest BCUT2D eigenvalue weighted by atomic mass is 10.2. The van der Waals surface area contributed by atoms with E-state index in [0.717, 1.165) is 5.56 Å². The molecule has 0 atom stereocenters. The third-order valence-electron chi connectivity index (χ3n) is 1.89. The average molecular weight is 221 g/mol. The van der Waals surface area contributed by atoms with Crippen molar-refractivity contribution in [3.8, 4) is 11.8 Å². The number of benzene rings is 1. The standard InChI is InChI=1S/C10H11N3O3/c1-12-7-8-2-3-10(16-5-4-11)9(6-8)13(14)15/h2-3,6,12H,5,7H2,1H3. The maximum Gasteiger partial charge on any atom is 0.311 e. The maximum absolute atomic E-state index is 10.8. The largest absolute Gasteiger partial charge is 0.472 e. The van der Waals surface area contributed by atoms with Crippen LogP contribution in [0.15, 0.2) is 18.2 Å². The lowest BCUT2D eigenvalue weighted by Crippen LogP contribution is -2.06. The van der Waals surface area contributed by atoms with Gasteiger partial charge in [-0.2, -0.15) is 5.26 Å². The Labute approximate surface area is 92.6 Å². The van der Waals surface area contributed by atoms with Gasteiger partial charge in [-0.15, -0.1) is 0 Å². The third-order valence-corrected chi connectivity index (χ3v) is 1.89. The van der Waals surface area contributed by atoms with Gasteiger partial charge in [0.1, 0.15) is 6.07 Å². The fourth-order valence-corrected chi connectivity index (χ4v) is 1.25. The van der Waals surface area contributed by atoms with E-state index < -0.39 is 4.92 Å². The van der Waals surface area contributed by atoms with Crippen molar-refractivity contribution in [1.82, 2.24) is 5.32 Å². The molecule has 0 amide bonds. The summed E-state index contributed by atoms with van der Waals surface area (Å²) in [5.74, 6) is 0.117. The number of nitrogens with one attached hydrogen (secondary N) is 1. The van der Waals surface area contributed by atoms with Gasteiger partial charge in [-0.25, -0.2) is 0 Å². The highest BCUT2D eigenvalue weighted by molar-refractivity contribution is 5.48. The molecule has 0 heterocycles. The number of nitriles is 1. The van der Waals surface area contributed by atoms with E-state index in [2.05, 4.69) is 5.32 Å². The van der Waals surface area contributed by atoms with Crippen LogP contribution in [0.1, 0.15) is 5.56 Å². The summed E-state index contributed by atoms with van der Waals surface area (Å²) < 4.78 is 4.96. The van der Waals surface area contributed by atoms with Crippen LogP contribution >= 0.6 is 0 Å². The molecule has 0 aliphatic rings. The number of ether oxygens (including phenoxy) is 1. The Balaban J connectivity index is 3.00. The van der Waals surface area contributed by atoms with Gasteiger partial charge in [0.2, 0.25) is 0 Å². The maximum atomic E-state index is 10.8. The normalized spacial score (nSPS) is 9.50. The van der Waals surface area contributed by atoms with E-state index >= 15 is 0 Å². The van der Waals surface area contributed by atoms with E-state index in [1.807, 2.05) is 0 Å². The van der Waals surface area contributed by atoms with Crippen LogP contribution in [0.5, 0.6) is 5.75 Å². The first-order valence-corrected chi connectivity index (χ1v) is 4.60. The van der Waals surface area contributed by atoms with Crippen molar-refractivity contribution < 1.29 is 9.66 Å². The Hall–Kier alpha value is -2.13. The number of hydrogen-bond donors (Lipinski definition) is 1. The summed E-state index contributed by atoms with van der Waals surface area (Å²) in [6, 6.07) is 6.42. The molecule has 84 valence electrons. The van der Waals surface area contributed by atoms with Gasteiger partial charge >= 0.3 is 5.69 Å². The molecule has 0 saturated carbocycles. The van der Waals surface area contributed by atoms with E-state index in [9.17, 15) is 10.1 Å². The van der Waals surface area contributed by atoms with Crippen molar-refractivity contribution in [2.45, 2.75) is 6.54 Å². The number of nitro groups is 1. The monoisotopic (exact) mass is 221 g/mol. The molecule has 1 rings (SSSR count). The first kappa shape index (κ1) is 11.9. The van der Waals surface area contributed by atoms with Crippen molar-refractivity contribution in [2.75, 3.05) is 13.7 Å². The van der Waals surface area contributed by atoms with Crippen molar-refractivity contribution in [3.05, 3.63) is 33.9 Å². The van der Waals surface area contributed by atoms with Crippen LogP contribution in [0.25, 0.3) is 0 Å². The molecule has 1 aromatic rings. The van der Waals surface area contributed by atoms with Gasteiger partial charge in [0.05, 0.1) is 4.92 Å². The second-order valence-electron chi connectivity index (χ2n) is 3.04. The number of hydrogen-bond acceptors (Lipinski definition) is 5. The van der Waals surface area contributed by atoms with Crippen LogP contribution in [-0.4, -0.2) is 18.6 Å². The summed E-state index contributed by atoms with van der Waals surface area (Å²) in [7, 11) is 1.76. The number of rotatable bonds is 5. The van der Waals surface area contributed by atoms with Crippen LogP contribution in [0.4, 0.5) is 5.69 Å². The molecule has 16 heavy (non-hydrogen) atoms. The van der Waals surface area contributed by atoms with Crippen LogP contribution < -0.4 is 10.1 Å². The summed E-state index contributed by atoms with van der Waals surface area (Å²) >= 11 is 0. The molecule has 0 radical (unpaired) electrons. The van der Waals surface area contributed by atoms with Crippen molar-refractivity contribution in [1.29, 1.82) is 5.26 Å². The smallest absolute Gasteiger partial charge is 0.311 e. The van der Waals surface area contributed by atoms with E-state index in [4.69, 9.17) is 10.00 Å². The number of nitrogens with zero attached hydrogens (tertiary/aromatic N) is 2. The summed E-state index contributed by atoms with van der Waals surface area (Å²) in [4.78, 5) is 10.2. The van der Waals surface area contributed by atoms with Crippen LogP contribution in [0.2, 0.25) is 0 Å². The van der Waals surface area contributed by atoms with Crippen LogP contribution in [-0.2, 0) is 6.54 Å². The molecule has 0 aliphatic carbocycles. The van der Waals surface area contributed by atoms with Crippen LogP contribution in [0, 0.1) is 21.4 Å². The fraction of sp³-hybridized carbons (Fsp3) is 0.300. The predicted molar refractivity (Wildman–Crippen MR) is 57.0 cm³/mol. The molecule has 6 nitrogen and oxygen atoms in total. The Kier molecular flexibility index (Phi) is 4.24. The molecule has 0 bridgehead atoms. The topological polar surface area (TPSA) is 88.2 Å². The van der Waals surface area contributed by atoms with Gasteiger partial charge in [-0.3, -0.25) is 10.1 Å². The van der Waals surface area contributed by atoms with Gasteiger partial charge in [0.25, 0.3) is 0 Å². The van der Waals surface area contributed by atoms with Gasteiger partial charge in [-0.05, 0) is 18.7 Å². The number of nitro benzene ring substituents is 1. The molecule has 1 aromatic carbocycles. The van der Waals surface area contributed by atoms with E-state index in [1.165, 1.54) is 12.1 Å². The molecular weight excluding hydrogens is 210 g/mol. The minimum atomic E-state index is -0.522. The van der Waals surface area contributed by atoms with Gasteiger partial charge in [-0.1, -0.05) is 6.07 Å². The van der Waals surface area contributed by atoms with Gasteiger partial charge in [0, 0.05) is 12.6 Å². The van der Waals surface area contributed by atoms with Crippen molar-refractivity contribution >= 4 is 5.69 Å². The quantitative estimate of drug-likeness (QED) is 0.596. The Bertz CT molecular complexity index is 426. The average Bonchev–Trinajstić information content (AvgIpc) is 2.27. The zero-order valence-electron chi connectivity index (χ0n) is 8.77. The summed E-state index contributed by atoms with van der Waals surface area (Å²) in [6.07, 6.45) is 0. The Morgan fingerprint density at radius 1 is 1.62 bits per heavy atom. The highest BCUT2D eigenvalue weighted by atomic mass is 16.6. The lowest BCUT2D eigenvalue weighted by Gasteiger charge is -2.05. The minimum Gasteiger partial charge on any atom is -0.472 e. The SMILES string of the molecule is CNCc1ccc(OCC#N)c([N+](=O)[O-])c1. The predicted octanol–water partition coefficient (Wildman–Crippen LogP) is 1.22. The Morgan fingerprint density at radius 2 is 2.38 bits per heavy atom. The lowest BCUT2D eigenvalue weighted by molar-refractivity contribution is -0.385. The van der Waals surface area contributed by atoms with Gasteiger partial charge < -0.3 is 10.1 Å². The zero-order chi connectivity index (χ0) is 12.0. The zero-order valence-corrected chi connectivity index (χ0v) is 8.77. The highest BCUT2D eigenvalue weighted by Gasteiger charge is 2.15. The molecule has 6 heteroatoms. The van der Waals surface area contributed by atoms with E-state index in [-0.39, 0.29) is 18.0 Å². The molecule has 0 saturated heterocycles. The third kappa shape index (κ3) is 2.93. The van der Waals surface area contributed by atoms with Crippen molar-refractivity contribution in [2.24, 2.45) is 0 Å². The molecule has 0 aliphatic heterocycles.